The standard InChI is InChI=1S/C13H15N3O/c1-8-10-6-9(17)2-3-11(10)16-12(15-8)13(7-14)4-5-13/h2-3,6,17H,4-5,7,14H2,1H3. The lowest BCUT2D eigenvalue weighted by atomic mass is 10.1. The van der Waals surface area contributed by atoms with Gasteiger partial charge in [-0.25, -0.2) is 9.97 Å². The van der Waals surface area contributed by atoms with Crippen molar-refractivity contribution in [1.29, 1.82) is 0 Å². The van der Waals surface area contributed by atoms with Crippen molar-refractivity contribution >= 4 is 10.9 Å². The molecule has 1 fully saturated rings. The first kappa shape index (κ1) is 10.5. The van der Waals surface area contributed by atoms with Gasteiger partial charge in [0.2, 0.25) is 0 Å². The minimum atomic E-state index is 0.0108. The maximum Gasteiger partial charge on any atom is 0.136 e. The Kier molecular flexibility index (Phi) is 2.10. The van der Waals surface area contributed by atoms with Crippen LogP contribution in [0, 0.1) is 6.92 Å². The van der Waals surface area contributed by atoms with Gasteiger partial charge >= 0.3 is 0 Å². The molecule has 88 valence electrons. The number of nitrogens with zero attached hydrogens (tertiary/aromatic N) is 2. The molecule has 1 aromatic heterocycles. The second-order valence-electron chi connectivity index (χ2n) is 4.82. The summed E-state index contributed by atoms with van der Waals surface area (Å²) in [4.78, 5) is 9.13. The number of fused-ring (bicyclic) bond motifs is 1. The highest BCUT2D eigenvalue weighted by Gasteiger charge is 2.46. The van der Waals surface area contributed by atoms with Crippen LogP contribution in [0.1, 0.15) is 24.4 Å². The third kappa shape index (κ3) is 1.56. The van der Waals surface area contributed by atoms with Crippen molar-refractivity contribution in [3.63, 3.8) is 0 Å². The molecule has 17 heavy (non-hydrogen) atoms. The molecular formula is C13H15N3O. The molecule has 4 nitrogen and oxygen atoms in total. The lowest BCUT2D eigenvalue weighted by Crippen LogP contribution is -2.22. The van der Waals surface area contributed by atoms with E-state index in [4.69, 9.17) is 5.73 Å². The van der Waals surface area contributed by atoms with Crippen molar-refractivity contribution in [2.45, 2.75) is 25.2 Å². The predicted octanol–water partition coefficient (Wildman–Crippen LogP) is 1.63. The van der Waals surface area contributed by atoms with Crippen LogP contribution in [-0.4, -0.2) is 21.6 Å². The number of phenols is 1. The van der Waals surface area contributed by atoms with Gasteiger partial charge in [-0.05, 0) is 38.0 Å². The van der Waals surface area contributed by atoms with E-state index in [0.717, 1.165) is 35.3 Å². The van der Waals surface area contributed by atoms with Gasteiger partial charge < -0.3 is 10.8 Å². The van der Waals surface area contributed by atoms with Crippen LogP contribution in [-0.2, 0) is 5.41 Å². The second kappa shape index (κ2) is 3.40. The fourth-order valence-corrected chi connectivity index (χ4v) is 2.18. The van der Waals surface area contributed by atoms with Crippen LogP contribution in [0.3, 0.4) is 0 Å². The minimum absolute atomic E-state index is 0.0108. The smallest absolute Gasteiger partial charge is 0.136 e. The van der Waals surface area contributed by atoms with Gasteiger partial charge in [0.05, 0.1) is 5.52 Å². The summed E-state index contributed by atoms with van der Waals surface area (Å²) in [6.45, 7) is 2.55. The number of aryl methyl sites for hydroxylation is 1. The molecule has 3 N–H and O–H groups in total. The minimum Gasteiger partial charge on any atom is -0.508 e. The van der Waals surface area contributed by atoms with Crippen molar-refractivity contribution in [1.82, 2.24) is 9.97 Å². The van der Waals surface area contributed by atoms with Crippen LogP contribution in [0.25, 0.3) is 10.9 Å². The molecule has 0 aliphatic heterocycles. The predicted molar refractivity (Wildman–Crippen MR) is 65.9 cm³/mol. The van der Waals surface area contributed by atoms with Crippen LogP contribution in [0.2, 0.25) is 0 Å². The fraction of sp³-hybridized carbons (Fsp3) is 0.385. The zero-order valence-electron chi connectivity index (χ0n) is 9.77. The highest BCUT2D eigenvalue weighted by molar-refractivity contribution is 5.82. The molecule has 0 bridgehead atoms. The molecule has 0 amide bonds. The summed E-state index contributed by atoms with van der Waals surface area (Å²) in [5.41, 5.74) is 7.59. The molecule has 0 atom stereocenters. The molecule has 0 unspecified atom stereocenters. The van der Waals surface area contributed by atoms with E-state index in [1.807, 2.05) is 13.0 Å². The van der Waals surface area contributed by atoms with E-state index < -0.39 is 0 Å². The van der Waals surface area contributed by atoms with Gasteiger partial charge in [0, 0.05) is 23.0 Å². The monoisotopic (exact) mass is 229 g/mol. The lowest BCUT2D eigenvalue weighted by Gasteiger charge is -2.12. The molecule has 0 saturated heterocycles. The molecule has 3 rings (SSSR count). The van der Waals surface area contributed by atoms with Crippen molar-refractivity contribution in [3.8, 4) is 5.75 Å². The molecule has 1 saturated carbocycles. The first-order valence-electron chi connectivity index (χ1n) is 5.82. The summed E-state index contributed by atoms with van der Waals surface area (Å²) in [6, 6.07) is 5.19. The van der Waals surface area contributed by atoms with Crippen LogP contribution >= 0.6 is 0 Å². The molecule has 4 heteroatoms. The molecule has 2 aromatic rings. The molecule has 1 aliphatic rings. The Hall–Kier alpha value is -1.68. The summed E-state index contributed by atoms with van der Waals surface area (Å²) in [7, 11) is 0. The summed E-state index contributed by atoms with van der Waals surface area (Å²) in [6.07, 6.45) is 2.15. The Balaban J connectivity index is 2.21. The van der Waals surface area contributed by atoms with Crippen molar-refractivity contribution in [2.24, 2.45) is 5.73 Å². The second-order valence-corrected chi connectivity index (χ2v) is 4.82. The number of rotatable bonds is 2. The van der Waals surface area contributed by atoms with Crippen molar-refractivity contribution in [3.05, 3.63) is 29.7 Å². The first-order chi connectivity index (χ1) is 8.14. The van der Waals surface area contributed by atoms with Crippen LogP contribution in [0.4, 0.5) is 0 Å². The Bertz CT molecular complexity index is 590. The van der Waals surface area contributed by atoms with Gasteiger partial charge in [-0.3, -0.25) is 0 Å². The normalized spacial score (nSPS) is 17.3. The number of hydrogen-bond acceptors (Lipinski definition) is 4. The average molecular weight is 229 g/mol. The lowest BCUT2D eigenvalue weighted by molar-refractivity contribution is 0.476. The van der Waals surface area contributed by atoms with Gasteiger partial charge in [0.15, 0.2) is 0 Å². The van der Waals surface area contributed by atoms with Crippen LogP contribution in [0.5, 0.6) is 5.75 Å². The van der Waals surface area contributed by atoms with E-state index in [2.05, 4.69) is 9.97 Å². The van der Waals surface area contributed by atoms with Crippen LogP contribution < -0.4 is 5.73 Å². The van der Waals surface area contributed by atoms with E-state index in [9.17, 15) is 5.11 Å². The van der Waals surface area contributed by atoms with Crippen molar-refractivity contribution in [2.75, 3.05) is 6.54 Å². The number of aromatic hydroxyl groups is 1. The Labute approximate surface area is 99.5 Å². The Morgan fingerprint density at radius 3 is 2.76 bits per heavy atom. The summed E-state index contributed by atoms with van der Waals surface area (Å²) < 4.78 is 0. The van der Waals surface area contributed by atoms with Gasteiger partial charge in [-0.15, -0.1) is 0 Å². The van der Waals surface area contributed by atoms with Gasteiger partial charge in [-0.1, -0.05) is 0 Å². The number of phenolic OH excluding ortho intramolecular Hbond substituents is 1. The molecular weight excluding hydrogens is 214 g/mol. The summed E-state index contributed by atoms with van der Waals surface area (Å²) >= 11 is 0. The number of aromatic nitrogens is 2. The topological polar surface area (TPSA) is 72.0 Å². The maximum atomic E-state index is 9.47. The Morgan fingerprint density at radius 1 is 1.35 bits per heavy atom. The first-order valence-corrected chi connectivity index (χ1v) is 5.82. The Morgan fingerprint density at radius 2 is 2.12 bits per heavy atom. The van der Waals surface area contributed by atoms with E-state index >= 15 is 0 Å². The zero-order valence-corrected chi connectivity index (χ0v) is 9.77. The summed E-state index contributed by atoms with van der Waals surface area (Å²) in [5, 5.41) is 10.4. The molecule has 1 heterocycles. The largest absolute Gasteiger partial charge is 0.508 e. The number of nitrogens with two attached hydrogens (primary N) is 1. The van der Waals surface area contributed by atoms with E-state index in [1.54, 1.807) is 12.1 Å². The third-order valence-electron chi connectivity index (χ3n) is 3.59. The molecule has 0 radical (unpaired) electrons. The van der Waals surface area contributed by atoms with E-state index in [1.165, 1.54) is 0 Å². The third-order valence-corrected chi connectivity index (χ3v) is 3.59. The quantitative estimate of drug-likeness (QED) is 0.821. The molecule has 1 aromatic carbocycles. The number of benzene rings is 1. The summed E-state index contributed by atoms with van der Waals surface area (Å²) in [5.74, 6) is 1.10. The highest BCUT2D eigenvalue weighted by Crippen LogP contribution is 2.45. The highest BCUT2D eigenvalue weighted by atomic mass is 16.3. The van der Waals surface area contributed by atoms with E-state index in [-0.39, 0.29) is 11.2 Å². The SMILES string of the molecule is Cc1nc(C2(CN)CC2)nc2ccc(O)cc12. The average Bonchev–Trinajstić information content (AvgIpc) is 3.11. The van der Waals surface area contributed by atoms with Crippen LogP contribution in [0.15, 0.2) is 18.2 Å². The molecule has 1 aliphatic carbocycles. The van der Waals surface area contributed by atoms with E-state index in [0.29, 0.717) is 6.54 Å². The number of hydrogen-bond donors (Lipinski definition) is 2. The van der Waals surface area contributed by atoms with Gasteiger partial charge in [0.1, 0.15) is 11.6 Å². The zero-order chi connectivity index (χ0) is 12.0. The fourth-order valence-electron chi connectivity index (χ4n) is 2.18. The maximum absolute atomic E-state index is 9.47. The molecule has 0 spiro atoms. The van der Waals surface area contributed by atoms with Crippen molar-refractivity contribution < 1.29 is 5.11 Å². The van der Waals surface area contributed by atoms with Gasteiger partial charge in [0.25, 0.3) is 0 Å². The van der Waals surface area contributed by atoms with Gasteiger partial charge in [-0.2, -0.15) is 0 Å².